The predicted molar refractivity (Wildman–Crippen MR) is 80.8 cm³/mol. The molecule has 0 radical (unpaired) electrons. The van der Waals surface area contributed by atoms with Crippen molar-refractivity contribution >= 4 is 23.5 Å². The van der Waals surface area contributed by atoms with E-state index in [1.807, 2.05) is 0 Å². The number of esters is 1. The minimum Gasteiger partial charge on any atom is -0.469 e. The SMILES string of the molecule is COC(=O)[C@H]1CCCC[C@H]1NC(=O)c1n[nH]c(C2CC2)c1Cl. The van der Waals surface area contributed by atoms with Crippen LogP contribution < -0.4 is 5.32 Å². The number of hydrogen-bond acceptors (Lipinski definition) is 4. The van der Waals surface area contributed by atoms with E-state index in [1.54, 1.807) is 0 Å². The molecule has 22 heavy (non-hydrogen) atoms. The molecule has 7 heteroatoms. The summed E-state index contributed by atoms with van der Waals surface area (Å²) in [6, 6.07) is -0.217. The Morgan fingerprint density at radius 3 is 2.68 bits per heavy atom. The lowest BCUT2D eigenvalue weighted by Crippen LogP contribution is -2.45. The number of carbonyl (C=O) groups excluding carboxylic acids is 2. The molecule has 6 nitrogen and oxygen atoms in total. The molecule has 2 atom stereocenters. The molecule has 3 rings (SSSR count). The fraction of sp³-hybridized carbons (Fsp3) is 0.667. The minimum atomic E-state index is -0.325. The standard InChI is InChI=1S/C15H20ClN3O3/c1-22-15(21)9-4-2-3-5-10(9)17-14(20)13-11(16)12(18-19-13)8-6-7-8/h8-10H,2-7H2,1H3,(H,17,20)(H,18,19)/t9-,10+/m0/s1. The highest BCUT2D eigenvalue weighted by Gasteiger charge is 2.35. The summed E-state index contributed by atoms with van der Waals surface area (Å²) < 4.78 is 4.84. The smallest absolute Gasteiger partial charge is 0.310 e. The van der Waals surface area contributed by atoms with E-state index in [-0.39, 0.29) is 29.5 Å². The summed E-state index contributed by atoms with van der Waals surface area (Å²) in [6.45, 7) is 0. The zero-order valence-corrected chi connectivity index (χ0v) is 13.3. The van der Waals surface area contributed by atoms with Crippen LogP contribution in [0.1, 0.15) is 60.6 Å². The normalized spacial score (nSPS) is 24.8. The largest absolute Gasteiger partial charge is 0.469 e. The number of nitrogens with one attached hydrogen (secondary N) is 2. The summed E-state index contributed by atoms with van der Waals surface area (Å²) in [7, 11) is 1.38. The highest BCUT2D eigenvalue weighted by molar-refractivity contribution is 6.34. The van der Waals surface area contributed by atoms with E-state index in [2.05, 4.69) is 15.5 Å². The van der Waals surface area contributed by atoms with Crippen molar-refractivity contribution in [3.05, 3.63) is 16.4 Å². The Labute approximate surface area is 133 Å². The van der Waals surface area contributed by atoms with Crippen LogP contribution in [0.2, 0.25) is 5.02 Å². The molecule has 1 heterocycles. The van der Waals surface area contributed by atoms with Crippen LogP contribution in [0.5, 0.6) is 0 Å². The van der Waals surface area contributed by atoms with Gasteiger partial charge in [0.25, 0.3) is 5.91 Å². The average molecular weight is 326 g/mol. The molecule has 120 valence electrons. The Hall–Kier alpha value is -1.56. The highest BCUT2D eigenvalue weighted by Crippen LogP contribution is 2.42. The van der Waals surface area contributed by atoms with Crippen LogP contribution in [0.3, 0.4) is 0 Å². The summed E-state index contributed by atoms with van der Waals surface area (Å²) in [6.07, 6.45) is 5.62. The van der Waals surface area contributed by atoms with Crippen molar-refractivity contribution in [2.75, 3.05) is 7.11 Å². The molecule has 0 spiro atoms. The van der Waals surface area contributed by atoms with Crippen LogP contribution in [0.15, 0.2) is 0 Å². The van der Waals surface area contributed by atoms with E-state index in [4.69, 9.17) is 16.3 Å². The van der Waals surface area contributed by atoms with Gasteiger partial charge in [0.15, 0.2) is 5.69 Å². The fourth-order valence-electron chi connectivity index (χ4n) is 3.11. The van der Waals surface area contributed by atoms with Gasteiger partial charge in [-0.2, -0.15) is 5.10 Å². The minimum absolute atomic E-state index is 0.217. The second kappa shape index (κ2) is 6.28. The van der Waals surface area contributed by atoms with E-state index < -0.39 is 0 Å². The van der Waals surface area contributed by atoms with Gasteiger partial charge >= 0.3 is 5.97 Å². The summed E-state index contributed by atoms with van der Waals surface area (Å²) >= 11 is 6.25. The first kappa shape index (κ1) is 15.3. The van der Waals surface area contributed by atoms with Crippen LogP contribution in [0.25, 0.3) is 0 Å². The van der Waals surface area contributed by atoms with E-state index in [0.29, 0.717) is 10.9 Å². The first-order valence-corrected chi connectivity index (χ1v) is 8.12. The third kappa shape index (κ3) is 2.97. The average Bonchev–Trinajstić information content (AvgIpc) is 3.29. The summed E-state index contributed by atoms with van der Waals surface area (Å²) in [5.74, 6) is -0.479. The molecule has 2 aliphatic rings. The molecule has 2 fully saturated rings. The molecule has 0 aromatic carbocycles. The van der Waals surface area contributed by atoms with E-state index in [1.165, 1.54) is 7.11 Å². The topological polar surface area (TPSA) is 84.1 Å². The van der Waals surface area contributed by atoms with Crippen molar-refractivity contribution in [1.29, 1.82) is 0 Å². The van der Waals surface area contributed by atoms with E-state index >= 15 is 0 Å². The summed E-state index contributed by atoms with van der Waals surface area (Å²) in [4.78, 5) is 24.3. The van der Waals surface area contributed by atoms with E-state index in [9.17, 15) is 9.59 Å². The quantitative estimate of drug-likeness (QED) is 0.833. The highest BCUT2D eigenvalue weighted by atomic mass is 35.5. The van der Waals surface area contributed by atoms with Gasteiger partial charge in [0.2, 0.25) is 0 Å². The van der Waals surface area contributed by atoms with Gasteiger partial charge < -0.3 is 10.1 Å². The maximum atomic E-state index is 12.4. The number of hydrogen-bond donors (Lipinski definition) is 2. The van der Waals surface area contributed by atoms with Gasteiger partial charge in [-0.05, 0) is 25.7 Å². The molecular formula is C15H20ClN3O3. The number of H-pyrrole nitrogens is 1. The van der Waals surface area contributed by atoms with Gasteiger partial charge in [-0.15, -0.1) is 0 Å². The molecule has 1 amide bonds. The van der Waals surface area contributed by atoms with Gasteiger partial charge in [0.1, 0.15) is 0 Å². The molecule has 1 aromatic rings. The molecule has 1 aromatic heterocycles. The second-order valence-electron chi connectivity index (χ2n) is 6.07. The van der Waals surface area contributed by atoms with Gasteiger partial charge in [0.05, 0.1) is 23.7 Å². The zero-order chi connectivity index (χ0) is 15.7. The second-order valence-corrected chi connectivity index (χ2v) is 6.45. The van der Waals surface area contributed by atoms with Gasteiger partial charge in [-0.1, -0.05) is 24.4 Å². The molecule has 2 aliphatic carbocycles. The van der Waals surface area contributed by atoms with Crippen LogP contribution in [0, 0.1) is 5.92 Å². The molecule has 0 aliphatic heterocycles. The van der Waals surface area contributed by atoms with Crippen molar-refractivity contribution in [3.8, 4) is 0 Å². The van der Waals surface area contributed by atoms with Crippen molar-refractivity contribution in [2.24, 2.45) is 5.92 Å². The zero-order valence-electron chi connectivity index (χ0n) is 12.5. The number of ether oxygens (including phenoxy) is 1. The number of aromatic amines is 1. The van der Waals surface area contributed by atoms with Gasteiger partial charge in [0, 0.05) is 12.0 Å². The van der Waals surface area contributed by atoms with Crippen molar-refractivity contribution in [2.45, 2.75) is 50.5 Å². The van der Waals surface area contributed by atoms with Crippen molar-refractivity contribution < 1.29 is 14.3 Å². The van der Waals surface area contributed by atoms with Gasteiger partial charge in [-0.25, -0.2) is 0 Å². The fourth-order valence-corrected chi connectivity index (χ4v) is 3.43. The predicted octanol–water partition coefficient (Wildman–Crippen LogP) is 2.40. The van der Waals surface area contributed by atoms with E-state index in [0.717, 1.165) is 44.2 Å². The first-order chi connectivity index (χ1) is 10.6. The molecule has 0 unspecified atom stereocenters. The Balaban J connectivity index is 1.71. The summed E-state index contributed by atoms with van der Waals surface area (Å²) in [5, 5.41) is 10.2. The first-order valence-electron chi connectivity index (χ1n) is 7.74. The van der Waals surface area contributed by atoms with Crippen LogP contribution in [-0.2, 0) is 9.53 Å². The third-order valence-electron chi connectivity index (χ3n) is 4.52. The number of amides is 1. The maximum Gasteiger partial charge on any atom is 0.310 e. The number of carbonyl (C=O) groups is 2. The number of nitrogens with zero attached hydrogens (tertiary/aromatic N) is 1. The lowest BCUT2D eigenvalue weighted by atomic mass is 9.84. The number of rotatable bonds is 4. The van der Waals surface area contributed by atoms with Crippen molar-refractivity contribution in [1.82, 2.24) is 15.5 Å². The molecule has 0 saturated heterocycles. The van der Waals surface area contributed by atoms with Crippen LogP contribution in [0.4, 0.5) is 0 Å². The Morgan fingerprint density at radius 1 is 1.27 bits per heavy atom. The van der Waals surface area contributed by atoms with Gasteiger partial charge in [-0.3, -0.25) is 14.7 Å². The van der Waals surface area contributed by atoms with Crippen molar-refractivity contribution in [3.63, 3.8) is 0 Å². The Bertz CT molecular complexity index is 583. The van der Waals surface area contributed by atoms with Crippen LogP contribution in [-0.4, -0.2) is 35.2 Å². The van der Waals surface area contributed by atoms with Crippen LogP contribution >= 0.6 is 11.6 Å². The number of aromatic nitrogens is 2. The summed E-state index contributed by atoms with van der Waals surface area (Å²) in [5.41, 5.74) is 1.07. The third-order valence-corrected chi connectivity index (χ3v) is 4.90. The molecule has 2 N–H and O–H groups in total. The lowest BCUT2D eigenvalue weighted by molar-refractivity contribution is -0.147. The Kier molecular flexibility index (Phi) is 4.38. The molecule has 0 bridgehead atoms. The number of methoxy groups -OCH3 is 1. The maximum absolute atomic E-state index is 12.4. The number of halogens is 1. The molecule has 2 saturated carbocycles. The molecular weight excluding hydrogens is 306 g/mol. The monoisotopic (exact) mass is 325 g/mol. The Morgan fingerprint density at radius 2 is 2.00 bits per heavy atom. The lowest BCUT2D eigenvalue weighted by Gasteiger charge is -2.29.